The van der Waals surface area contributed by atoms with E-state index < -0.39 is 17.4 Å². The molecule has 4 rings (SSSR count). The molecule has 0 bridgehead atoms. The molecule has 0 aliphatic carbocycles. The van der Waals surface area contributed by atoms with Gasteiger partial charge in [0.05, 0.1) is 24.8 Å². The number of ether oxygens (including phenoxy) is 1. The summed E-state index contributed by atoms with van der Waals surface area (Å²) in [4.78, 5) is 19.5. The Morgan fingerprint density at radius 2 is 1.97 bits per heavy atom. The highest BCUT2D eigenvalue weighted by molar-refractivity contribution is 5.70. The van der Waals surface area contributed by atoms with Gasteiger partial charge >= 0.3 is 0 Å². The van der Waals surface area contributed by atoms with Gasteiger partial charge in [-0.25, -0.2) is 13.8 Å². The third-order valence-corrected chi connectivity index (χ3v) is 5.26. The molecule has 32 heavy (non-hydrogen) atoms. The molecule has 1 fully saturated rings. The number of rotatable bonds is 6. The van der Waals surface area contributed by atoms with Gasteiger partial charge in [-0.2, -0.15) is 0 Å². The number of hydrogen-bond acceptors (Lipinski definition) is 8. The predicted octanol–water partition coefficient (Wildman–Crippen LogP) is 1.85. The Bertz CT molecular complexity index is 1180. The lowest BCUT2D eigenvalue weighted by Gasteiger charge is -2.22. The highest BCUT2D eigenvalue weighted by Crippen LogP contribution is 2.26. The maximum absolute atomic E-state index is 13.9. The molecule has 3 aromatic rings. The Hall–Kier alpha value is -3.60. The number of methoxy groups -OCH3 is 1. The summed E-state index contributed by atoms with van der Waals surface area (Å²) >= 11 is 0. The molecule has 0 unspecified atom stereocenters. The van der Waals surface area contributed by atoms with Gasteiger partial charge in [0.25, 0.3) is 11.4 Å². The van der Waals surface area contributed by atoms with Gasteiger partial charge in [-0.15, -0.1) is 10.2 Å². The van der Waals surface area contributed by atoms with Crippen LogP contribution in [0.25, 0.3) is 5.57 Å². The largest absolute Gasteiger partial charge is 0.491 e. The zero-order valence-electron chi connectivity index (χ0n) is 17.3. The number of hydrogen-bond donors (Lipinski definition) is 3. The molecule has 2 aromatic heterocycles. The van der Waals surface area contributed by atoms with Crippen molar-refractivity contribution in [1.29, 1.82) is 0 Å². The average molecular weight is 444 g/mol. The number of H-pyrrole nitrogens is 1. The van der Waals surface area contributed by atoms with Crippen LogP contribution >= 0.6 is 0 Å². The first-order chi connectivity index (χ1) is 15.5. The number of aromatic nitrogens is 4. The zero-order chi connectivity index (χ0) is 22.7. The number of halogens is 2. The highest BCUT2D eigenvalue weighted by Gasteiger charge is 2.21. The average Bonchev–Trinajstić information content (AvgIpc) is 3.22. The maximum atomic E-state index is 13.9. The fourth-order valence-corrected chi connectivity index (χ4v) is 3.70. The molecular weight excluding hydrogens is 422 g/mol. The molecule has 0 amide bonds. The summed E-state index contributed by atoms with van der Waals surface area (Å²) in [5.74, 6) is -1.61. The lowest BCUT2D eigenvalue weighted by molar-refractivity contribution is 0.359. The minimum atomic E-state index is -0.832. The number of aromatic amines is 1. The monoisotopic (exact) mass is 444 g/mol. The number of benzene rings is 1. The summed E-state index contributed by atoms with van der Waals surface area (Å²) in [7, 11) is 1.19. The topological polar surface area (TPSA) is 132 Å². The van der Waals surface area contributed by atoms with E-state index in [4.69, 9.17) is 10.2 Å². The van der Waals surface area contributed by atoms with E-state index in [1.54, 1.807) is 0 Å². The van der Waals surface area contributed by atoms with E-state index >= 15 is 0 Å². The fourth-order valence-electron chi connectivity index (χ4n) is 3.70. The van der Waals surface area contributed by atoms with E-state index in [0.29, 0.717) is 5.69 Å². The molecule has 9 nitrogen and oxygen atoms in total. The Morgan fingerprint density at radius 1 is 1.25 bits per heavy atom. The number of nitrogens with zero attached hydrogens (tertiary/aromatic N) is 3. The van der Waals surface area contributed by atoms with Gasteiger partial charge in [-0.1, -0.05) is 0 Å². The van der Waals surface area contributed by atoms with Gasteiger partial charge < -0.3 is 25.2 Å². The molecule has 1 aliphatic heterocycles. The summed E-state index contributed by atoms with van der Waals surface area (Å²) in [6.45, 7) is 1.71. The van der Waals surface area contributed by atoms with Crippen LogP contribution in [-0.4, -0.2) is 40.4 Å². The van der Waals surface area contributed by atoms with Crippen LogP contribution in [0.15, 0.2) is 33.6 Å². The fraction of sp³-hybridized carbons (Fsp3) is 0.333. The summed E-state index contributed by atoms with van der Waals surface area (Å²) in [6.07, 6.45) is 2.95. The second kappa shape index (κ2) is 9.27. The lowest BCUT2D eigenvalue weighted by atomic mass is 9.94. The molecule has 0 spiro atoms. The second-order valence-corrected chi connectivity index (χ2v) is 7.39. The van der Waals surface area contributed by atoms with Gasteiger partial charge in [0.15, 0.2) is 17.4 Å². The van der Waals surface area contributed by atoms with Crippen molar-refractivity contribution in [2.75, 3.05) is 20.2 Å². The Labute approximate surface area is 181 Å². The molecule has 1 saturated heterocycles. The Morgan fingerprint density at radius 3 is 2.62 bits per heavy atom. The van der Waals surface area contributed by atoms with Crippen LogP contribution < -0.4 is 21.3 Å². The third-order valence-electron chi connectivity index (χ3n) is 5.26. The standard InChI is InChI=1S/C21H22F2N6O3/c1-31-19-14(22)6-11(7-15(19)23)8-18-28-29-21(32-18)13(10-24)20-26-16(9-17(30)27-20)12-2-4-25-5-3-12/h6-7,9-10,12,25H,2-5,8,24H2,1H3,(H,26,27,30). The van der Waals surface area contributed by atoms with Crippen molar-refractivity contribution in [3.05, 3.63) is 75.3 Å². The van der Waals surface area contributed by atoms with Crippen molar-refractivity contribution >= 4 is 5.57 Å². The van der Waals surface area contributed by atoms with Crippen molar-refractivity contribution in [2.24, 2.45) is 5.73 Å². The van der Waals surface area contributed by atoms with E-state index in [1.807, 2.05) is 0 Å². The molecule has 0 atom stereocenters. The number of nitrogens with one attached hydrogen (secondary N) is 2. The SMILES string of the molecule is COc1c(F)cc(Cc2nnc(C(=CN)c3nc(C4CCNCC4)cc(=O)[nH]3)o2)cc1F. The third kappa shape index (κ3) is 4.52. The van der Waals surface area contributed by atoms with Crippen molar-refractivity contribution in [2.45, 2.75) is 25.2 Å². The molecule has 4 N–H and O–H groups in total. The lowest BCUT2D eigenvalue weighted by Crippen LogP contribution is -2.28. The van der Waals surface area contributed by atoms with E-state index in [0.717, 1.165) is 38.1 Å². The van der Waals surface area contributed by atoms with Crippen molar-refractivity contribution in [3.63, 3.8) is 0 Å². The van der Waals surface area contributed by atoms with Crippen LogP contribution in [0.1, 0.15) is 47.6 Å². The van der Waals surface area contributed by atoms with E-state index in [2.05, 4.69) is 30.2 Å². The van der Waals surface area contributed by atoms with E-state index in [9.17, 15) is 13.6 Å². The minimum absolute atomic E-state index is 0.0122. The minimum Gasteiger partial charge on any atom is -0.491 e. The summed E-state index contributed by atoms with van der Waals surface area (Å²) in [5.41, 5.74) is 6.67. The van der Waals surface area contributed by atoms with Gasteiger partial charge in [-0.3, -0.25) is 4.79 Å². The van der Waals surface area contributed by atoms with Gasteiger partial charge in [0, 0.05) is 18.2 Å². The first kappa shape index (κ1) is 21.6. The Kier molecular flexibility index (Phi) is 6.26. The molecular formula is C21H22F2N6O3. The molecule has 0 radical (unpaired) electrons. The van der Waals surface area contributed by atoms with Crippen LogP contribution in [-0.2, 0) is 6.42 Å². The number of nitrogens with two attached hydrogens (primary N) is 1. The van der Waals surface area contributed by atoms with Gasteiger partial charge in [0.2, 0.25) is 5.89 Å². The van der Waals surface area contributed by atoms with Crippen molar-refractivity contribution < 1.29 is 17.9 Å². The molecule has 11 heteroatoms. The predicted molar refractivity (Wildman–Crippen MR) is 111 cm³/mol. The molecule has 1 aromatic carbocycles. The van der Waals surface area contributed by atoms with Crippen LogP contribution in [0.4, 0.5) is 8.78 Å². The first-order valence-electron chi connectivity index (χ1n) is 10.1. The molecule has 1 aliphatic rings. The van der Waals surface area contributed by atoms with Crippen molar-refractivity contribution in [3.8, 4) is 5.75 Å². The van der Waals surface area contributed by atoms with E-state index in [-0.39, 0.29) is 46.6 Å². The zero-order valence-corrected chi connectivity index (χ0v) is 17.3. The summed E-state index contributed by atoms with van der Waals surface area (Å²) < 4.78 is 38.2. The molecule has 3 heterocycles. The van der Waals surface area contributed by atoms with Crippen LogP contribution in [0.5, 0.6) is 5.75 Å². The van der Waals surface area contributed by atoms with Gasteiger partial charge in [0.1, 0.15) is 5.82 Å². The Balaban J connectivity index is 1.59. The quantitative estimate of drug-likeness (QED) is 0.525. The summed E-state index contributed by atoms with van der Waals surface area (Å²) in [6, 6.07) is 3.75. The van der Waals surface area contributed by atoms with Crippen LogP contribution in [0.2, 0.25) is 0 Å². The first-order valence-corrected chi connectivity index (χ1v) is 10.1. The van der Waals surface area contributed by atoms with Crippen LogP contribution in [0, 0.1) is 11.6 Å². The normalized spacial score (nSPS) is 15.2. The van der Waals surface area contributed by atoms with Crippen LogP contribution in [0.3, 0.4) is 0 Å². The molecule has 168 valence electrons. The van der Waals surface area contributed by atoms with Gasteiger partial charge in [-0.05, 0) is 43.6 Å². The second-order valence-electron chi connectivity index (χ2n) is 7.39. The maximum Gasteiger partial charge on any atom is 0.252 e. The highest BCUT2D eigenvalue weighted by atomic mass is 19.1. The van der Waals surface area contributed by atoms with Crippen molar-refractivity contribution in [1.82, 2.24) is 25.5 Å². The summed E-state index contributed by atoms with van der Waals surface area (Å²) in [5, 5.41) is 11.2. The molecule has 0 saturated carbocycles. The smallest absolute Gasteiger partial charge is 0.252 e. The van der Waals surface area contributed by atoms with E-state index in [1.165, 1.54) is 19.4 Å². The number of piperidine rings is 1.